The van der Waals surface area contributed by atoms with Crippen LogP contribution in [0.5, 0.6) is 6.01 Å². The van der Waals surface area contributed by atoms with Crippen molar-refractivity contribution in [1.29, 1.82) is 0 Å². The maximum Gasteiger partial charge on any atom is 0.316 e. The minimum Gasteiger partial charge on any atom is -0.460 e. The van der Waals surface area contributed by atoms with E-state index in [1.165, 1.54) is 0 Å². The van der Waals surface area contributed by atoms with Crippen LogP contribution in [0.3, 0.4) is 0 Å². The number of aliphatic hydroxyl groups is 1. The topological polar surface area (TPSA) is 55.2 Å². The van der Waals surface area contributed by atoms with E-state index in [-0.39, 0.29) is 12.7 Å². The van der Waals surface area contributed by atoms with E-state index in [0.717, 1.165) is 24.0 Å². The fourth-order valence-electron chi connectivity index (χ4n) is 2.23. The molecule has 1 heterocycles. The Morgan fingerprint density at radius 2 is 1.74 bits per heavy atom. The fourth-order valence-corrected chi connectivity index (χ4v) is 2.23. The third-order valence-electron chi connectivity index (χ3n) is 3.46. The lowest BCUT2D eigenvalue weighted by molar-refractivity contribution is 0.0264. The maximum absolute atomic E-state index is 8.95. The van der Waals surface area contributed by atoms with Crippen LogP contribution in [0.2, 0.25) is 0 Å². The fraction of sp³-hybridized carbons (Fsp3) is 0.333. The van der Waals surface area contributed by atoms with Gasteiger partial charge in [-0.15, -0.1) is 0 Å². The molecular weight excluding hydrogens is 240 g/mol. The van der Waals surface area contributed by atoms with Crippen molar-refractivity contribution < 1.29 is 9.84 Å². The summed E-state index contributed by atoms with van der Waals surface area (Å²) >= 11 is 0. The van der Waals surface area contributed by atoms with E-state index >= 15 is 0 Å². The van der Waals surface area contributed by atoms with Crippen LogP contribution < -0.4 is 4.74 Å². The number of hydrogen-bond acceptors (Lipinski definition) is 4. The van der Waals surface area contributed by atoms with Gasteiger partial charge in [0.25, 0.3) is 0 Å². The third kappa shape index (κ3) is 2.74. The van der Waals surface area contributed by atoms with Gasteiger partial charge in [0.05, 0.1) is 0 Å². The molecule has 1 saturated carbocycles. The highest BCUT2D eigenvalue weighted by molar-refractivity contribution is 5.61. The third-order valence-corrected chi connectivity index (χ3v) is 3.46. The van der Waals surface area contributed by atoms with Crippen LogP contribution in [0.25, 0.3) is 11.1 Å². The van der Waals surface area contributed by atoms with Gasteiger partial charge < -0.3 is 9.84 Å². The average molecular weight is 256 g/mol. The summed E-state index contributed by atoms with van der Waals surface area (Å²) in [6.07, 6.45) is 5.49. The quantitative estimate of drug-likeness (QED) is 0.912. The Morgan fingerprint density at radius 1 is 1.05 bits per heavy atom. The van der Waals surface area contributed by atoms with Crippen LogP contribution >= 0.6 is 0 Å². The summed E-state index contributed by atoms with van der Waals surface area (Å²) in [6, 6.07) is 10.4. The number of aliphatic hydroxyl groups excluding tert-OH is 1. The minimum absolute atomic E-state index is 0.153. The molecule has 1 aliphatic rings. The summed E-state index contributed by atoms with van der Waals surface area (Å²) in [6.45, 7) is 0.244. The molecule has 0 radical (unpaired) electrons. The first kappa shape index (κ1) is 12.1. The SMILES string of the molecule is OC[C@H]1C[C@H](Oc2ncc(-c3ccccc3)cn2)C1. The first-order valence-electron chi connectivity index (χ1n) is 6.50. The summed E-state index contributed by atoms with van der Waals surface area (Å²) in [4.78, 5) is 8.46. The first-order chi connectivity index (χ1) is 9.35. The Labute approximate surface area is 112 Å². The Hall–Kier alpha value is -1.94. The molecule has 0 amide bonds. The van der Waals surface area contributed by atoms with Crippen molar-refractivity contribution in [3.05, 3.63) is 42.7 Å². The lowest BCUT2D eigenvalue weighted by atomic mass is 9.83. The first-order valence-corrected chi connectivity index (χ1v) is 6.50. The van der Waals surface area contributed by atoms with E-state index in [1.807, 2.05) is 30.3 Å². The molecule has 1 N–H and O–H groups in total. The smallest absolute Gasteiger partial charge is 0.316 e. The van der Waals surface area contributed by atoms with Gasteiger partial charge in [0.15, 0.2) is 0 Å². The normalized spacial score (nSPS) is 21.7. The molecule has 98 valence electrons. The summed E-state index contributed by atoms with van der Waals surface area (Å²) in [5, 5.41) is 8.95. The lowest BCUT2D eigenvalue weighted by Gasteiger charge is -2.33. The zero-order valence-corrected chi connectivity index (χ0v) is 10.6. The van der Waals surface area contributed by atoms with E-state index in [1.54, 1.807) is 12.4 Å². The molecule has 0 spiro atoms. The van der Waals surface area contributed by atoms with Gasteiger partial charge in [0.1, 0.15) is 6.10 Å². The highest BCUT2D eigenvalue weighted by Gasteiger charge is 2.30. The summed E-state index contributed by atoms with van der Waals surface area (Å²) < 4.78 is 5.64. The Bertz CT molecular complexity index is 522. The van der Waals surface area contributed by atoms with Gasteiger partial charge in [-0.3, -0.25) is 0 Å². The van der Waals surface area contributed by atoms with Crippen LogP contribution in [0.1, 0.15) is 12.8 Å². The number of ether oxygens (including phenoxy) is 1. The lowest BCUT2D eigenvalue weighted by Crippen LogP contribution is -2.36. The van der Waals surface area contributed by atoms with Crippen molar-refractivity contribution in [2.24, 2.45) is 5.92 Å². The van der Waals surface area contributed by atoms with Crippen molar-refractivity contribution in [3.63, 3.8) is 0 Å². The number of aromatic nitrogens is 2. The predicted octanol–water partition coefficient (Wildman–Crippen LogP) is 2.29. The van der Waals surface area contributed by atoms with Crippen LogP contribution in [0, 0.1) is 5.92 Å². The van der Waals surface area contributed by atoms with Crippen molar-refractivity contribution in [2.75, 3.05) is 6.61 Å². The molecule has 0 atom stereocenters. The van der Waals surface area contributed by atoms with E-state index in [4.69, 9.17) is 9.84 Å². The van der Waals surface area contributed by atoms with Crippen LogP contribution in [0.15, 0.2) is 42.7 Å². The minimum atomic E-state index is 0.153. The van der Waals surface area contributed by atoms with Gasteiger partial charge in [-0.05, 0) is 24.3 Å². The molecule has 1 aromatic carbocycles. The zero-order valence-electron chi connectivity index (χ0n) is 10.6. The van der Waals surface area contributed by atoms with Gasteiger partial charge in [-0.25, -0.2) is 9.97 Å². The molecular formula is C15H16N2O2. The molecule has 0 aliphatic heterocycles. The molecule has 2 aromatic rings. The molecule has 0 bridgehead atoms. The second-order valence-electron chi connectivity index (χ2n) is 4.88. The Kier molecular flexibility index (Phi) is 3.42. The predicted molar refractivity (Wildman–Crippen MR) is 71.7 cm³/mol. The van der Waals surface area contributed by atoms with Crippen LogP contribution in [-0.2, 0) is 0 Å². The molecule has 0 saturated heterocycles. The molecule has 1 fully saturated rings. The van der Waals surface area contributed by atoms with Crippen LogP contribution in [-0.4, -0.2) is 27.8 Å². The number of rotatable bonds is 4. The summed E-state index contributed by atoms with van der Waals surface area (Å²) in [5.41, 5.74) is 2.08. The van der Waals surface area contributed by atoms with Crippen LogP contribution in [0.4, 0.5) is 0 Å². The monoisotopic (exact) mass is 256 g/mol. The van der Waals surface area contributed by atoms with Gasteiger partial charge in [0.2, 0.25) is 0 Å². The number of nitrogens with zero attached hydrogens (tertiary/aromatic N) is 2. The van der Waals surface area contributed by atoms with Crippen molar-refractivity contribution in [3.8, 4) is 17.1 Å². The maximum atomic E-state index is 8.95. The molecule has 4 nitrogen and oxygen atoms in total. The Balaban J connectivity index is 1.63. The van der Waals surface area contributed by atoms with E-state index in [9.17, 15) is 0 Å². The Morgan fingerprint density at radius 3 is 2.37 bits per heavy atom. The average Bonchev–Trinajstić information content (AvgIpc) is 2.44. The van der Waals surface area contributed by atoms with Gasteiger partial charge in [-0.2, -0.15) is 0 Å². The van der Waals surface area contributed by atoms with E-state index in [0.29, 0.717) is 11.9 Å². The molecule has 0 unspecified atom stereocenters. The van der Waals surface area contributed by atoms with Gasteiger partial charge in [0, 0.05) is 24.6 Å². The van der Waals surface area contributed by atoms with Crippen molar-refractivity contribution in [1.82, 2.24) is 9.97 Å². The van der Waals surface area contributed by atoms with E-state index in [2.05, 4.69) is 9.97 Å². The molecule has 4 heteroatoms. The summed E-state index contributed by atoms with van der Waals surface area (Å²) in [7, 11) is 0. The number of hydrogen-bond donors (Lipinski definition) is 1. The summed E-state index contributed by atoms with van der Waals surface area (Å²) in [5.74, 6) is 0.383. The molecule has 19 heavy (non-hydrogen) atoms. The second kappa shape index (κ2) is 5.36. The van der Waals surface area contributed by atoms with Crippen molar-refractivity contribution >= 4 is 0 Å². The van der Waals surface area contributed by atoms with E-state index < -0.39 is 0 Å². The second-order valence-corrected chi connectivity index (χ2v) is 4.88. The molecule has 1 aliphatic carbocycles. The largest absolute Gasteiger partial charge is 0.460 e. The standard InChI is InChI=1S/C15H16N2O2/c18-10-11-6-14(7-11)19-15-16-8-13(9-17-15)12-4-2-1-3-5-12/h1-5,8-9,11,14,18H,6-7,10H2/t11-,14-. The van der Waals surface area contributed by atoms with Gasteiger partial charge in [-0.1, -0.05) is 30.3 Å². The van der Waals surface area contributed by atoms with Crippen molar-refractivity contribution in [2.45, 2.75) is 18.9 Å². The number of benzene rings is 1. The highest BCUT2D eigenvalue weighted by atomic mass is 16.5. The van der Waals surface area contributed by atoms with Gasteiger partial charge >= 0.3 is 6.01 Å². The zero-order chi connectivity index (χ0) is 13.1. The highest BCUT2D eigenvalue weighted by Crippen LogP contribution is 2.29. The molecule has 3 rings (SSSR count). The molecule has 1 aromatic heterocycles.